The molecule has 1 aromatic heterocycles. The van der Waals surface area contributed by atoms with Gasteiger partial charge in [0.25, 0.3) is 5.69 Å². The van der Waals surface area contributed by atoms with Gasteiger partial charge in [-0.2, -0.15) is 0 Å². The maximum Gasteiger partial charge on any atom is 0.282 e. The number of benzene rings is 1. The van der Waals surface area contributed by atoms with Crippen LogP contribution in [0.1, 0.15) is 40.4 Å². The third-order valence-corrected chi connectivity index (χ3v) is 5.28. The quantitative estimate of drug-likeness (QED) is 0.436. The number of sulfonamides is 1. The van der Waals surface area contributed by atoms with Gasteiger partial charge in [-0.05, 0) is 25.0 Å². The minimum absolute atomic E-state index is 0.0958. The van der Waals surface area contributed by atoms with Crippen LogP contribution >= 0.6 is 0 Å². The predicted molar refractivity (Wildman–Crippen MR) is 88.3 cm³/mol. The Hall–Kier alpha value is -2.75. The van der Waals surface area contributed by atoms with Crippen LogP contribution in [0.4, 0.5) is 11.4 Å². The molecule has 0 amide bonds. The van der Waals surface area contributed by atoms with Crippen LogP contribution in [0.2, 0.25) is 0 Å². The highest BCUT2D eigenvalue weighted by Crippen LogP contribution is 2.42. The van der Waals surface area contributed by atoms with E-state index in [4.69, 9.17) is 4.52 Å². The van der Waals surface area contributed by atoms with Crippen LogP contribution in [0, 0.1) is 10.1 Å². The Morgan fingerprint density at radius 2 is 2.04 bits per heavy atom. The number of hydrogen-bond donors (Lipinski definition) is 0. The van der Waals surface area contributed by atoms with Gasteiger partial charge in [0.05, 0.1) is 28.6 Å². The van der Waals surface area contributed by atoms with Crippen LogP contribution in [-0.4, -0.2) is 37.6 Å². The minimum atomic E-state index is -3.58. The van der Waals surface area contributed by atoms with Crippen LogP contribution in [0.25, 0.3) is 0 Å². The number of nitro benzene ring substituents is 1. The van der Waals surface area contributed by atoms with E-state index in [1.807, 2.05) is 0 Å². The summed E-state index contributed by atoms with van der Waals surface area (Å²) in [7, 11) is -2.30. The lowest BCUT2D eigenvalue weighted by Crippen LogP contribution is -2.25. The molecule has 0 spiro atoms. The molecule has 1 aliphatic rings. The van der Waals surface area contributed by atoms with Crippen molar-refractivity contribution in [3.05, 3.63) is 51.4 Å². The monoisotopic (exact) mass is 365 g/mol. The number of anilines is 1. The first-order valence-corrected chi connectivity index (χ1v) is 9.26. The van der Waals surface area contributed by atoms with Crippen molar-refractivity contribution in [1.82, 2.24) is 5.16 Å². The number of nitro groups is 1. The van der Waals surface area contributed by atoms with Crippen LogP contribution < -0.4 is 4.31 Å². The van der Waals surface area contributed by atoms with E-state index in [1.165, 1.54) is 25.4 Å². The molecule has 1 aliphatic carbocycles. The van der Waals surface area contributed by atoms with Gasteiger partial charge in [-0.1, -0.05) is 5.16 Å². The van der Waals surface area contributed by atoms with Gasteiger partial charge < -0.3 is 4.52 Å². The highest BCUT2D eigenvalue weighted by Gasteiger charge is 2.34. The topological polar surface area (TPSA) is 124 Å². The van der Waals surface area contributed by atoms with Gasteiger partial charge in [0.2, 0.25) is 15.8 Å². The first-order valence-electron chi connectivity index (χ1n) is 7.41. The van der Waals surface area contributed by atoms with E-state index in [2.05, 4.69) is 5.16 Å². The van der Waals surface area contributed by atoms with Gasteiger partial charge in [0.1, 0.15) is 5.56 Å². The molecular formula is C15H15N3O6S. The first kappa shape index (κ1) is 17.1. The van der Waals surface area contributed by atoms with Gasteiger partial charge in [-0.15, -0.1) is 0 Å². The molecule has 132 valence electrons. The number of ketones is 1. The summed E-state index contributed by atoms with van der Waals surface area (Å²) < 4.78 is 29.2. The van der Waals surface area contributed by atoms with Crippen molar-refractivity contribution >= 4 is 27.2 Å². The Kier molecular flexibility index (Phi) is 4.07. The Balaban J connectivity index is 2.05. The van der Waals surface area contributed by atoms with Crippen molar-refractivity contribution in [2.45, 2.75) is 18.8 Å². The van der Waals surface area contributed by atoms with Crippen molar-refractivity contribution < 1.29 is 22.7 Å². The zero-order chi connectivity index (χ0) is 18.4. The zero-order valence-electron chi connectivity index (χ0n) is 13.5. The second-order valence-electron chi connectivity index (χ2n) is 5.90. The summed E-state index contributed by atoms with van der Waals surface area (Å²) in [5.41, 5.74) is -0.310. The molecule has 2 aromatic rings. The van der Waals surface area contributed by atoms with Gasteiger partial charge in [0, 0.05) is 19.0 Å². The summed E-state index contributed by atoms with van der Waals surface area (Å²) in [6, 6.07) is 3.67. The lowest BCUT2D eigenvalue weighted by atomic mass is 10.0. The molecule has 3 rings (SSSR count). The number of carbonyl (C=O) groups is 1. The molecule has 1 heterocycles. The Bertz CT molecular complexity index is 961. The lowest BCUT2D eigenvalue weighted by Gasteiger charge is -2.16. The molecule has 1 fully saturated rings. The van der Waals surface area contributed by atoms with E-state index in [1.54, 1.807) is 0 Å². The largest absolute Gasteiger partial charge is 0.360 e. The van der Waals surface area contributed by atoms with Crippen molar-refractivity contribution in [2.24, 2.45) is 0 Å². The first-order chi connectivity index (χ1) is 11.7. The van der Waals surface area contributed by atoms with E-state index < -0.39 is 26.4 Å². The molecule has 9 nitrogen and oxygen atoms in total. The molecule has 0 bridgehead atoms. The minimum Gasteiger partial charge on any atom is -0.360 e. The second kappa shape index (κ2) is 5.96. The zero-order valence-corrected chi connectivity index (χ0v) is 14.3. The maximum absolute atomic E-state index is 12.7. The average molecular weight is 365 g/mol. The molecule has 0 atom stereocenters. The number of carbonyl (C=O) groups excluding carboxylic acids is 1. The fourth-order valence-corrected chi connectivity index (χ4v) is 2.95. The summed E-state index contributed by atoms with van der Waals surface area (Å²) >= 11 is 0. The maximum atomic E-state index is 12.7. The predicted octanol–water partition coefficient (Wildman–Crippen LogP) is 2.09. The van der Waals surface area contributed by atoms with Crippen LogP contribution in [0.3, 0.4) is 0 Å². The molecule has 10 heteroatoms. The molecule has 1 saturated carbocycles. The molecule has 0 aliphatic heterocycles. The highest BCUT2D eigenvalue weighted by atomic mass is 32.2. The second-order valence-corrected chi connectivity index (χ2v) is 7.91. The third kappa shape index (κ3) is 3.25. The molecule has 25 heavy (non-hydrogen) atoms. The lowest BCUT2D eigenvalue weighted by molar-refractivity contribution is -0.385. The van der Waals surface area contributed by atoms with Crippen molar-refractivity contribution in [2.75, 3.05) is 17.6 Å². The fourth-order valence-electron chi connectivity index (χ4n) is 2.45. The van der Waals surface area contributed by atoms with Gasteiger partial charge in [-0.25, -0.2) is 8.42 Å². The molecule has 0 saturated heterocycles. The number of rotatable bonds is 6. The smallest absolute Gasteiger partial charge is 0.282 e. The Labute approximate surface area is 143 Å². The normalized spacial score (nSPS) is 14.3. The standard InChI is InChI=1S/C15H15N3O6S/c1-17(25(2,22)23)10-5-6-11(13(7-10)18(20)21)14(19)12-8-16-24-15(12)9-3-4-9/h5-9H,3-4H2,1-2H3. The van der Waals surface area contributed by atoms with Crippen molar-refractivity contribution in [1.29, 1.82) is 0 Å². The number of aromatic nitrogens is 1. The Morgan fingerprint density at radius 3 is 2.60 bits per heavy atom. The van der Waals surface area contributed by atoms with E-state index in [9.17, 15) is 23.3 Å². The van der Waals surface area contributed by atoms with E-state index >= 15 is 0 Å². The highest BCUT2D eigenvalue weighted by molar-refractivity contribution is 7.92. The summed E-state index contributed by atoms with van der Waals surface area (Å²) in [5, 5.41) is 15.0. The third-order valence-electron chi connectivity index (χ3n) is 4.07. The van der Waals surface area contributed by atoms with Crippen molar-refractivity contribution in [3.8, 4) is 0 Å². The van der Waals surface area contributed by atoms with Gasteiger partial charge in [0.15, 0.2) is 5.76 Å². The van der Waals surface area contributed by atoms with Crippen LogP contribution in [0.15, 0.2) is 28.9 Å². The number of nitrogens with zero attached hydrogens (tertiary/aromatic N) is 3. The van der Waals surface area contributed by atoms with Crippen LogP contribution in [-0.2, 0) is 10.0 Å². The van der Waals surface area contributed by atoms with Gasteiger partial charge in [-0.3, -0.25) is 19.2 Å². The molecule has 0 unspecified atom stereocenters. The summed E-state index contributed by atoms with van der Waals surface area (Å²) in [4.78, 5) is 23.4. The summed E-state index contributed by atoms with van der Waals surface area (Å²) in [6.45, 7) is 0. The van der Waals surface area contributed by atoms with Crippen LogP contribution in [0.5, 0.6) is 0 Å². The number of hydrogen-bond acceptors (Lipinski definition) is 7. The molecule has 1 aromatic carbocycles. The molecular weight excluding hydrogens is 350 g/mol. The SMILES string of the molecule is CN(c1ccc(C(=O)c2cnoc2C2CC2)c([N+](=O)[O-])c1)S(C)(=O)=O. The summed E-state index contributed by atoms with van der Waals surface area (Å²) in [6.07, 6.45) is 4.01. The van der Waals surface area contributed by atoms with Gasteiger partial charge >= 0.3 is 0 Å². The molecule has 0 N–H and O–H groups in total. The fraction of sp³-hybridized carbons (Fsp3) is 0.333. The Morgan fingerprint density at radius 1 is 1.36 bits per heavy atom. The van der Waals surface area contributed by atoms with E-state index in [0.717, 1.165) is 29.5 Å². The average Bonchev–Trinajstić information content (AvgIpc) is 3.28. The van der Waals surface area contributed by atoms with E-state index in [-0.39, 0.29) is 22.7 Å². The molecule has 0 radical (unpaired) electrons. The summed E-state index contributed by atoms with van der Waals surface area (Å²) in [5.74, 6) is -0.00353. The van der Waals surface area contributed by atoms with Crippen molar-refractivity contribution in [3.63, 3.8) is 0 Å². The van der Waals surface area contributed by atoms with E-state index in [0.29, 0.717) is 5.76 Å².